The summed E-state index contributed by atoms with van der Waals surface area (Å²) in [5.41, 5.74) is 5.51. The number of aliphatic imine (C=N–C) groups is 1. The average molecular weight is 612 g/mol. The lowest BCUT2D eigenvalue weighted by atomic mass is 10.0. The number of benzene rings is 2. The first-order valence-corrected chi connectivity index (χ1v) is 14.3. The molecule has 1 N–H and O–H groups in total. The summed E-state index contributed by atoms with van der Waals surface area (Å²) in [4.78, 5) is 25.9. The monoisotopic (exact) mass is 610 g/mol. The number of pyridine rings is 1. The number of rotatable bonds is 5. The molecule has 0 bridgehead atoms. The number of hydrogen-bond donors (Lipinski definition) is 1. The molecule has 0 spiro atoms. The van der Waals surface area contributed by atoms with Gasteiger partial charge in [-0.1, -0.05) is 39.7 Å². The Morgan fingerprint density at radius 2 is 1.82 bits per heavy atom. The topological polar surface area (TPSA) is 124 Å². The van der Waals surface area contributed by atoms with Crippen LogP contribution >= 0.6 is 15.9 Å². The van der Waals surface area contributed by atoms with Crippen molar-refractivity contribution in [2.24, 2.45) is 4.99 Å². The SMILES string of the molecule is COC(=O)CC[C@@H]1N=C(c2ccccn2)c2cc(Br)ccc2-n2c(C)cnc21.Cc1ccc(S(=O)(=O)O)cc1. The zero-order valence-corrected chi connectivity index (χ0v) is 24.0. The maximum Gasteiger partial charge on any atom is 0.305 e. The molecule has 0 saturated carbocycles. The largest absolute Gasteiger partial charge is 0.469 e. The molecular weight excluding hydrogens is 584 g/mol. The Labute approximate surface area is 235 Å². The molecule has 11 heteroatoms. The molecule has 0 saturated heterocycles. The zero-order valence-electron chi connectivity index (χ0n) is 21.6. The van der Waals surface area contributed by atoms with E-state index >= 15 is 0 Å². The van der Waals surface area contributed by atoms with E-state index in [0.717, 1.165) is 44.2 Å². The smallest absolute Gasteiger partial charge is 0.305 e. The predicted octanol–water partition coefficient (Wildman–Crippen LogP) is 5.43. The number of hydrogen-bond acceptors (Lipinski definition) is 7. The van der Waals surface area contributed by atoms with Gasteiger partial charge in [0.25, 0.3) is 10.1 Å². The number of halogens is 1. The van der Waals surface area contributed by atoms with Gasteiger partial charge in [0.05, 0.1) is 29.1 Å². The molecule has 0 aliphatic carbocycles. The van der Waals surface area contributed by atoms with Crippen LogP contribution in [-0.2, 0) is 19.6 Å². The number of esters is 1. The number of imidazole rings is 1. The van der Waals surface area contributed by atoms with Crippen molar-refractivity contribution in [2.45, 2.75) is 37.6 Å². The average Bonchev–Trinajstić information content (AvgIpc) is 3.23. The van der Waals surface area contributed by atoms with Gasteiger partial charge in [-0.3, -0.25) is 23.9 Å². The van der Waals surface area contributed by atoms with Gasteiger partial charge in [0.15, 0.2) is 0 Å². The van der Waals surface area contributed by atoms with Gasteiger partial charge in [-0.05, 0) is 62.7 Å². The number of carbonyl (C=O) groups is 1. The summed E-state index contributed by atoms with van der Waals surface area (Å²) in [6.07, 6.45) is 4.38. The van der Waals surface area contributed by atoms with E-state index in [1.54, 1.807) is 18.3 Å². The van der Waals surface area contributed by atoms with E-state index < -0.39 is 10.1 Å². The van der Waals surface area contributed by atoms with Crippen molar-refractivity contribution < 1.29 is 22.5 Å². The minimum Gasteiger partial charge on any atom is -0.469 e. The number of aryl methyl sites for hydroxylation is 2. The van der Waals surface area contributed by atoms with Gasteiger partial charge in [0, 0.05) is 34.5 Å². The fraction of sp³-hybridized carbons (Fsp3) is 0.214. The molecule has 0 unspecified atom stereocenters. The highest BCUT2D eigenvalue weighted by Gasteiger charge is 2.28. The molecule has 202 valence electrons. The summed E-state index contributed by atoms with van der Waals surface area (Å²) in [5, 5.41) is 0. The second-order valence-corrected chi connectivity index (χ2v) is 11.2. The first-order chi connectivity index (χ1) is 18.6. The first-order valence-electron chi connectivity index (χ1n) is 12.0. The fourth-order valence-electron chi connectivity index (χ4n) is 4.15. The predicted molar refractivity (Wildman–Crippen MR) is 151 cm³/mol. The standard InChI is InChI=1S/C21H19BrN4O2.C7H8O3S/c1-13-12-24-21-17(7-9-19(27)28-2)25-20(16-5-3-4-10-23-16)15-11-14(22)6-8-18(15)26(13)21;1-6-2-4-7(5-3-6)11(8,9)10/h3-6,8,10-12,17H,7,9H2,1-2H3;2-5H,1H3,(H,8,9,10)/t17-;/m0./s1. The third-order valence-electron chi connectivity index (χ3n) is 6.08. The van der Waals surface area contributed by atoms with E-state index in [1.807, 2.05) is 44.3 Å². The Hall–Kier alpha value is -3.67. The molecule has 4 aromatic rings. The van der Waals surface area contributed by atoms with Crippen LogP contribution in [0, 0.1) is 13.8 Å². The van der Waals surface area contributed by atoms with Crippen LogP contribution in [0.1, 0.15) is 47.2 Å². The second-order valence-electron chi connectivity index (χ2n) is 8.87. The Kier molecular flexibility index (Phi) is 8.73. The molecule has 0 radical (unpaired) electrons. The van der Waals surface area contributed by atoms with Crippen molar-refractivity contribution in [3.63, 3.8) is 0 Å². The highest BCUT2D eigenvalue weighted by molar-refractivity contribution is 9.10. The normalized spacial score (nSPS) is 14.2. The van der Waals surface area contributed by atoms with Gasteiger partial charge >= 0.3 is 5.97 Å². The van der Waals surface area contributed by atoms with Gasteiger partial charge in [-0.25, -0.2) is 4.98 Å². The Balaban J connectivity index is 0.000000270. The number of nitrogens with zero attached hydrogens (tertiary/aromatic N) is 4. The van der Waals surface area contributed by atoms with Crippen molar-refractivity contribution >= 4 is 37.7 Å². The number of carbonyl (C=O) groups excluding carboxylic acids is 1. The summed E-state index contributed by atoms with van der Waals surface area (Å²) < 4.78 is 37.4. The Morgan fingerprint density at radius 3 is 2.46 bits per heavy atom. The number of aromatic nitrogens is 3. The van der Waals surface area contributed by atoms with Crippen LogP contribution in [0.5, 0.6) is 0 Å². The molecule has 39 heavy (non-hydrogen) atoms. The molecule has 3 heterocycles. The van der Waals surface area contributed by atoms with Gasteiger partial charge < -0.3 is 4.74 Å². The van der Waals surface area contributed by atoms with Crippen LogP contribution in [-0.4, -0.2) is 46.3 Å². The maximum atomic E-state index is 11.8. The molecule has 1 aliphatic heterocycles. The van der Waals surface area contributed by atoms with Crippen LogP contribution in [0.2, 0.25) is 0 Å². The van der Waals surface area contributed by atoms with Gasteiger partial charge in [0.1, 0.15) is 11.9 Å². The molecule has 2 aromatic heterocycles. The quantitative estimate of drug-likeness (QED) is 0.236. The molecular formula is C28H27BrN4O5S. The van der Waals surface area contributed by atoms with Crippen molar-refractivity contribution in [3.05, 3.63) is 106 Å². The van der Waals surface area contributed by atoms with Crippen molar-refractivity contribution in [1.29, 1.82) is 0 Å². The molecule has 1 aliphatic rings. The Bertz CT molecular complexity index is 1620. The minimum atomic E-state index is -4.02. The third kappa shape index (κ3) is 6.67. The van der Waals surface area contributed by atoms with E-state index in [-0.39, 0.29) is 23.3 Å². The highest BCUT2D eigenvalue weighted by atomic mass is 79.9. The van der Waals surface area contributed by atoms with Crippen LogP contribution in [0.4, 0.5) is 0 Å². The summed E-state index contributed by atoms with van der Waals surface area (Å²) >= 11 is 3.58. The molecule has 5 rings (SSSR count). The third-order valence-corrected chi connectivity index (χ3v) is 7.44. The van der Waals surface area contributed by atoms with Gasteiger partial charge in [-0.2, -0.15) is 8.42 Å². The van der Waals surface area contributed by atoms with Crippen molar-refractivity contribution in [1.82, 2.24) is 14.5 Å². The van der Waals surface area contributed by atoms with E-state index in [1.165, 1.54) is 19.2 Å². The molecule has 1 atom stereocenters. The summed E-state index contributed by atoms with van der Waals surface area (Å²) in [6, 6.07) is 17.6. The number of fused-ring (bicyclic) bond motifs is 3. The van der Waals surface area contributed by atoms with Crippen LogP contribution in [0.25, 0.3) is 5.69 Å². The lowest BCUT2D eigenvalue weighted by Gasteiger charge is -2.14. The van der Waals surface area contributed by atoms with E-state index in [9.17, 15) is 13.2 Å². The van der Waals surface area contributed by atoms with Crippen molar-refractivity contribution in [3.8, 4) is 5.69 Å². The second kappa shape index (κ2) is 12.0. The molecule has 2 aromatic carbocycles. The van der Waals surface area contributed by atoms with Gasteiger partial charge in [-0.15, -0.1) is 0 Å². The Morgan fingerprint density at radius 1 is 1.08 bits per heavy atom. The lowest BCUT2D eigenvalue weighted by molar-refractivity contribution is -0.140. The maximum absolute atomic E-state index is 11.8. The number of methoxy groups -OCH3 is 1. The molecule has 0 amide bonds. The summed E-state index contributed by atoms with van der Waals surface area (Å²) in [6.45, 7) is 3.86. The van der Waals surface area contributed by atoms with Crippen LogP contribution in [0.3, 0.4) is 0 Å². The van der Waals surface area contributed by atoms with Gasteiger partial charge in [0.2, 0.25) is 0 Å². The summed E-state index contributed by atoms with van der Waals surface area (Å²) in [5.74, 6) is 0.560. The highest BCUT2D eigenvalue weighted by Crippen LogP contribution is 2.34. The molecule has 0 fully saturated rings. The van der Waals surface area contributed by atoms with Crippen LogP contribution in [0.15, 0.2) is 87.4 Å². The van der Waals surface area contributed by atoms with Crippen molar-refractivity contribution in [2.75, 3.05) is 7.11 Å². The lowest BCUT2D eigenvalue weighted by Crippen LogP contribution is -2.09. The fourth-order valence-corrected chi connectivity index (χ4v) is 4.99. The number of ether oxygens (including phenoxy) is 1. The zero-order chi connectivity index (χ0) is 28.2. The van der Waals surface area contributed by atoms with Crippen LogP contribution < -0.4 is 0 Å². The first kappa shape index (κ1) is 28.3. The van der Waals surface area contributed by atoms with E-state index in [0.29, 0.717) is 6.42 Å². The summed E-state index contributed by atoms with van der Waals surface area (Å²) in [7, 11) is -2.62. The van der Waals surface area contributed by atoms with E-state index in [4.69, 9.17) is 14.3 Å². The van der Waals surface area contributed by atoms with E-state index in [2.05, 4.69) is 42.6 Å². The minimum absolute atomic E-state index is 0.0666. The molecule has 9 nitrogen and oxygen atoms in total.